The van der Waals surface area contributed by atoms with Gasteiger partial charge in [-0.2, -0.15) is 0 Å². The Morgan fingerprint density at radius 2 is 2.11 bits per heavy atom. The second kappa shape index (κ2) is 8.08. The maximum absolute atomic E-state index is 13.3. The average molecular weight is 393 g/mol. The minimum Gasteiger partial charge on any atom is -0.347 e. The molecule has 2 amide bonds. The van der Waals surface area contributed by atoms with Crippen LogP contribution in [0.3, 0.4) is 0 Å². The van der Waals surface area contributed by atoms with Gasteiger partial charge in [0, 0.05) is 18.3 Å². The molecule has 1 aliphatic rings. The van der Waals surface area contributed by atoms with Crippen LogP contribution in [-0.4, -0.2) is 27.4 Å². The lowest BCUT2D eigenvalue weighted by atomic mass is 10.1. The summed E-state index contributed by atoms with van der Waals surface area (Å²) in [6, 6.07) is 3.98. The van der Waals surface area contributed by atoms with Crippen LogP contribution >= 0.6 is 11.6 Å². The van der Waals surface area contributed by atoms with Crippen molar-refractivity contribution in [2.24, 2.45) is 0 Å². The number of aromatic nitrogens is 2. The van der Waals surface area contributed by atoms with Gasteiger partial charge >= 0.3 is 0 Å². The molecule has 1 aromatic carbocycles. The molecule has 1 unspecified atom stereocenters. The first-order chi connectivity index (χ1) is 12.9. The van der Waals surface area contributed by atoms with Crippen LogP contribution in [0.1, 0.15) is 59.9 Å². The Bertz CT molecular complexity index is 881. The molecule has 2 heterocycles. The van der Waals surface area contributed by atoms with E-state index in [1.807, 2.05) is 18.4 Å². The summed E-state index contributed by atoms with van der Waals surface area (Å²) in [5.74, 6) is -1.02. The van der Waals surface area contributed by atoms with Gasteiger partial charge in [-0.15, -0.1) is 0 Å². The average Bonchev–Trinajstić information content (AvgIpc) is 3.04. The summed E-state index contributed by atoms with van der Waals surface area (Å²) in [4.78, 5) is 29.7. The molecule has 6 nitrogen and oxygen atoms in total. The molecule has 0 fully saturated rings. The normalized spacial score (nSPS) is 14.4. The molecule has 2 aromatic rings. The van der Waals surface area contributed by atoms with Crippen molar-refractivity contribution in [2.45, 2.75) is 52.1 Å². The molecule has 144 valence electrons. The molecule has 1 aliphatic heterocycles. The largest absolute Gasteiger partial charge is 0.347 e. The van der Waals surface area contributed by atoms with Crippen molar-refractivity contribution in [1.29, 1.82) is 0 Å². The van der Waals surface area contributed by atoms with E-state index in [0.717, 1.165) is 25.0 Å². The van der Waals surface area contributed by atoms with E-state index in [9.17, 15) is 14.0 Å². The van der Waals surface area contributed by atoms with Crippen molar-refractivity contribution in [1.82, 2.24) is 14.9 Å². The van der Waals surface area contributed by atoms with Crippen LogP contribution in [0.15, 0.2) is 18.2 Å². The molecule has 0 saturated heterocycles. The van der Waals surface area contributed by atoms with Crippen molar-refractivity contribution in [2.75, 3.05) is 5.32 Å². The minimum absolute atomic E-state index is 0.0210. The Kier molecular flexibility index (Phi) is 5.79. The second-order valence-corrected chi connectivity index (χ2v) is 7.11. The van der Waals surface area contributed by atoms with Gasteiger partial charge < -0.3 is 15.2 Å². The van der Waals surface area contributed by atoms with Gasteiger partial charge in [0.05, 0.1) is 10.7 Å². The third-order valence-corrected chi connectivity index (χ3v) is 4.99. The van der Waals surface area contributed by atoms with E-state index in [0.29, 0.717) is 18.7 Å². The van der Waals surface area contributed by atoms with Crippen LogP contribution in [0.25, 0.3) is 0 Å². The van der Waals surface area contributed by atoms with E-state index in [4.69, 9.17) is 11.6 Å². The molecular formula is C19H22ClFN4O2. The van der Waals surface area contributed by atoms with Gasteiger partial charge in [-0.25, -0.2) is 9.37 Å². The number of carbonyl (C=O) groups excluding carboxylic acids is 2. The highest BCUT2D eigenvalue weighted by molar-refractivity contribution is 6.31. The number of nitrogens with zero attached hydrogens (tertiary/aromatic N) is 2. The van der Waals surface area contributed by atoms with E-state index in [1.165, 1.54) is 18.2 Å². The number of carbonyl (C=O) groups is 2. The van der Waals surface area contributed by atoms with E-state index >= 15 is 0 Å². The predicted molar refractivity (Wildman–Crippen MR) is 102 cm³/mol. The first kappa shape index (κ1) is 19.4. The first-order valence-electron chi connectivity index (χ1n) is 9.07. The number of imidazole rings is 1. The monoisotopic (exact) mass is 392 g/mol. The van der Waals surface area contributed by atoms with Crippen LogP contribution in [0, 0.1) is 5.82 Å². The van der Waals surface area contributed by atoms with E-state index in [2.05, 4.69) is 15.6 Å². The summed E-state index contributed by atoms with van der Waals surface area (Å²) >= 11 is 5.77. The number of nitrogens with one attached hydrogen (secondary N) is 2. The summed E-state index contributed by atoms with van der Waals surface area (Å²) in [5, 5.41) is 5.51. The van der Waals surface area contributed by atoms with Gasteiger partial charge in [-0.05, 0) is 50.8 Å². The number of benzene rings is 1. The van der Waals surface area contributed by atoms with E-state index in [1.54, 1.807) is 0 Å². The molecule has 8 heteroatoms. The highest BCUT2D eigenvalue weighted by Gasteiger charge is 2.28. The lowest BCUT2D eigenvalue weighted by molar-refractivity contribution is 0.0923. The van der Waals surface area contributed by atoms with Crippen molar-refractivity contribution < 1.29 is 14.0 Å². The van der Waals surface area contributed by atoms with Crippen LogP contribution in [0.2, 0.25) is 5.02 Å². The molecule has 0 spiro atoms. The summed E-state index contributed by atoms with van der Waals surface area (Å²) in [5.41, 5.74) is 1.35. The molecule has 2 N–H and O–H groups in total. The number of hydrogen-bond donors (Lipinski definition) is 2. The van der Waals surface area contributed by atoms with Crippen LogP contribution in [-0.2, 0) is 13.0 Å². The SMILES string of the molecule is CCC(C)NC(=O)c1nc(C(=O)Nc2ccc(F)c(Cl)c2)c2n1CCCC2. The van der Waals surface area contributed by atoms with Crippen LogP contribution < -0.4 is 10.6 Å². The molecule has 3 rings (SSSR count). The third-order valence-electron chi connectivity index (χ3n) is 4.70. The fraction of sp³-hybridized carbons (Fsp3) is 0.421. The molecule has 0 aliphatic carbocycles. The standard InChI is InChI=1S/C19H22ClFN4O2/c1-3-11(2)22-19(27)17-24-16(15-6-4-5-9-25(15)17)18(26)23-12-7-8-14(21)13(20)10-12/h7-8,10-11H,3-6,9H2,1-2H3,(H,22,27)(H,23,26). The van der Waals surface area contributed by atoms with Crippen LogP contribution in [0.4, 0.5) is 10.1 Å². The van der Waals surface area contributed by atoms with Crippen molar-refractivity contribution in [3.05, 3.63) is 46.3 Å². The minimum atomic E-state index is -0.557. The number of hydrogen-bond acceptors (Lipinski definition) is 3. The molecule has 27 heavy (non-hydrogen) atoms. The first-order valence-corrected chi connectivity index (χ1v) is 9.45. The predicted octanol–water partition coefficient (Wildman–Crippen LogP) is 3.79. The zero-order valence-corrected chi connectivity index (χ0v) is 16.1. The Morgan fingerprint density at radius 1 is 1.33 bits per heavy atom. The molecule has 1 atom stereocenters. The quantitative estimate of drug-likeness (QED) is 0.812. The lowest BCUT2D eigenvalue weighted by Gasteiger charge is -2.18. The number of amides is 2. The van der Waals surface area contributed by atoms with Gasteiger partial charge in [0.2, 0.25) is 0 Å². The van der Waals surface area contributed by atoms with Gasteiger partial charge in [-0.3, -0.25) is 9.59 Å². The number of rotatable bonds is 5. The van der Waals surface area contributed by atoms with Gasteiger partial charge in [0.1, 0.15) is 5.82 Å². The summed E-state index contributed by atoms with van der Waals surface area (Å²) < 4.78 is 15.1. The van der Waals surface area contributed by atoms with Gasteiger partial charge in [0.25, 0.3) is 11.8 Å². The Hall–Kier alpha value is -2.41. The molecular weight excluding hydrogens is 371 g/mol. The highest BCUT2D eigenvalue weighted by Crippen LogP contribution is 2.24. The second-order valence-electron chi connectivity index (χ2n) is 6.71. The summed E-state index contributed by atoms with van der Waals surface area (Å²) in [6.07, 6.45) is 3.34. The van der Waals surface area contributed by atoms with Crippen LogP contribution in [0.5, 0.6) is 0 Å². The Labute approximate surface area is 162 Å². The van der Waals surface area contributed by atoms with Gasteiger partial charge in [0.15, 0.2) is 11.5 Å². The third kappa shape index (κ3) is 4.13. The lowest BCUT2D eigenvalue weighted by Crippen LogP contribution is -2.34. The molecule has 0 saturated carbocycles. The smallest absolute Gasteiger partial charge is 0.287 e. The fourth-order valence-electron chi connectivity index (χ4n) is 3.05. The Balaban J connectivity index is 1.89. The number of halogens is 2. The number of anilines is 1. The summed E-state index contributed by atoms with van der Waals surface area (Å²) in [6.45, 7) is 4.56. The molecule has 1 aromatic heterocycles. The zero-order chi connectivity index (χ0) is 19.6. The Morgan fingerprint density at radius 3 is 2.81 bits per heavy atom. The molecule has 0 bridgehead atoms. The highest BCUT2D eigenvalue weighted by atomic mass is 35.5. The van der Waals surface area contributed by atoms with Gasteiger partial charge in [-0.1, -0.05) is 18.5 Å². The van der Waals surface area contributed by atoms with E-state index < -0.39 is 11.7 Å². The fourth-order valence-corrected chi connectivity index (χ4v) is 3.23. The summed E-state index contributed by atoms with van der Waals surface area (Å²) in [7, 11) is 0. The number of fused-ring (bicyclic) bond motifs is 1. The maximum Gasteiger partial charge on any atom is 0.287 e. The topological polar surface area (TPSA) is 76.0 Å². The van der Waals surface area contributed by atoms with Crippen molar-refractivity contribution in [3.63, 3.8) is 0 Å². The van der Waals surface area contributed by atoms with Crippen molar-refractivity contribution in [3.8, 4) is 0 Å². The maximum atomic E-state index is 13.3. The van der Waals surface area contributed by atoms with Crippen molar-refractivity contribution >= 4 is 29.1 Å². The van der Waals surface area contributed by atoms with E-state index in [-0.39, 0.29) is 28.5 Å². The molecule has 0 radical (unpaired) electrons. The zero-order valence-electron chi connectivity index (χ0n) is 15.3.